The smallest absolute Gasteiger partial charge is 0.323 e. The van der Waals surface area contributed by atoms with Crippen LogP contribution in [0.3, 0.4) is 0 Å². The summed E-state index contributed by atoms with van der Waals surface area (Å²) in [5.74, 6) is 1.21. The van der Waals surface area contributed by atoms with Gasteiger partial charge in [-0.15, -0.1) is 0 Å². The maximum absolute atomic E-state index is 11.5. The minimum atomic E-state index is -0.132. The van der Waals surface area contributed by atoms with Gasteiger partial charge in [0.2, 0.25) is 5.89 Å². The van der Waals surface area contributed by atoms with Crippen molar-refractivity contribution in [1.29, 1.82) is 0 Å². The largest absolute Gasteiger partial charge is 0.464 e. The van der Waals surface area contributed by atoms with E-state index in [4.69, 9.17) is 9.26 Å². The van der Waals surface area contributed by atoms with Gasteiger partial charge in [0.05, 0.1) is 13.2 Å². The van der Waals surface area contributed by atoms with Crippen molar-refractivity contribution in [2.75, 3.05) is 19.7 Å². The molecule has 0 aliphatic carbocycles. The molecule has 2 saturated heterocycles. The van der Waals surface area contributed by atoms with Crippen LogP contribution in [0.2, 0.25) is 0 Å². The van der Waals surface area contributed by atoms with E-state index < -0.39 is 0 Å². The second-order valence-electron chi connectivity index (χ2n) is 5.48. The number of likely N-dealkylation sites (tertiary alicyclic amines) is 1. The number of cyclic esters (lactones) is 1. The van der Waals surface area contributed by atoms with Crippen LogP contribution in [0.5, 0.6) is 0 Å². The highest BCUT2D eigenvalue weighted by Gasteiger charge is 2.30. The van der Waals surface area contributed by atoms with E-state index >= 15 is 0 Å². The van der Waals surface area contributed by atoms with Crippen molar-refractivity contribution in [1.82, 2.24) is 20.4 Å². The van der Waals surface area contributed by atoms with E-state index in [0.29, 0.717) is 25.1 Å². The fourth-order valence-electron chi connectivity index (χ4n) is 2.87. The van der Waals surface area contributed by atoms with Crippen molar-refractivity contribution in [3.05, 3.63) is 11.7 Å². The van der Waals surface area contributed by atoms with Gasteiger partial charge in [0.25, 0.3) is 0 Å². The molecule has 1 aromatic rings. The minimum absolute atomic E-state index is 0.115. The average molecular weight is 280 g/mol. The molecule has 1 N–H and O–H groups in total. The Morgan fingerprint density at radius 2 is 2.35 bits per heavy atom. The van der Waals surface area contributed by atoms with E-state index in [0.717, 1.165) is 38.2 Å². The lowest BCUT2D eigenvalue weighted by atomic mass is 10.0. The number of rotatable bonds is 4. The lowest BCUT2D eigenvalue weighted by Gasteiger charge is -2.33. The maximum Gasteiger partial charge on any atom is 0.323 e. The third-order valence-corrected chi connectivity index (χ3v) is 3.81. The van der Waals surface area contributed by atoms with Crippen molar-refractivity contribution in [2.45, 2.75) is 44.8 Å². The van der Waals surface area contributed by atoms with E-state index in [1.54, 1.807) is 6.92 Å². The van der Waals surface area contributed by atoms with Gasteiger partial charge in [-0.25, -0.2) is 0 Å². The molecular formula is C13H20N4O3. The molecule has 2 atom stereocenters. The Morgan fingerprint density at radius 3 is 3.05 bits per heavy atom. The van der Waals surface area contributed by atoms with Gasteiger partial charge in [-0.2, -0.15) is 4.98 Å². The number of esters is 1. The molecular weight excluding hydrogens is 260 g/mol. The van der Waals surface area contributed by atoms with Crippen LogP contribution in [-0.2, 0) is 16.1 Å². The molecule has 0 amide bonds. The Hall–Kier alpha value is -1.47. The van der Waals surface area contributed by atoms with Crippen LogP contribution in [-0.4, -0.2) is 52.8 Å². The molecule has 3 rings (SSSR count). The second-order valence-corrected chi connectivity index (χ2v) is 5.48. The molecule has 2 unspecified atom stereocenters. The van der Waals surface area contributed by atoms with Crippen LogP contribution < -0.4 is 5.32 Å². The zero-order valence-corrected chi connectivity index (χ0v) is 11.7. The Morgan fingerprint density at radius 1 is 1.45 bits per heavy atom. The zero-order chi connectivity index (χ0) is 13.9. The lowest BCUT2D eigenvalue weighted by Crippen LogP contribution is -2.50. The molecule has 0 aromatic carbocycles. The molecule has 0 radical (unpaired) electrons. The highest BCUT2D eigenvalue weighted by molar-refractivity contribution is 5.77. The van der Waals surface area contributed by atoms with Gasteiger partial charge in [-0.1, -0.05) is 5.16 Å². The SMILES string of the molecule is Cc1nc(CN2CCCC(NC3CCOC3=O)C2)no1. The summed E-state index contributed by atoms with van der Waals surface area (Å²) in [6, 6.07) is 0.194. The quantitative estimate of drug-likeness (QED) is 0.792. The first-order valence-electron chi connectivity index (χ1n) is 7.15. The molecule has 20 heavy (non-hydrogen) atoms. The number of piperidine rings is 1. The van der Waals surface area contributed by atoms with Crippen LogP contribution in [0.15, 0.2) is 4.52 Å². The van der Waals surface area contributed by atoms with Crippen LogP contribution in [0.4, 0.5) is 0 Å². The summed E-state index contributed by atoms with van der Waals surface area (Å²) >= 11 is 0. The van der Waals surface area contributed by atoms with Gasteiger partial charge in [-0.3, -0.25) is 9.69 Å². The van der Waals surface area contributed by atoms with Gasteiger partial charge < -0.3 is 14.6 Å². The maximum atomic E-state index is 11.5. The second kappa shape index (κ2) is 5.88. The first-order valence-corrected chi connectivity index (χ1v) is 7.15. The van der Waals surface area contributed by atoms with Crippen LogP contribution in [0, 0.1) is 6.92 Å². The summed E-state index contributed by atoms with van der Waals surface area (Å²) in [5, 5.41) is 7.34. The van der Waals surface area contributed by atoms with Crippen molar-refractivity contribution in [3.8, 4) is 0 Å². The number of hydrogen-bond acceptors (Lipinski definition) is 7. The fourth-order valence-corrected chi connectivity index (χ4v) is 2.87. The molecule has 110 valence electrons. The third kappa shape index (κ3) is 3.16. The van der Waals surface area contributed by atoms with E-state index in [-0.39, 0.29) is 12.0 Å². The number of carbonyl (C=O) groups is 1. The van der Waals surface area contributed by atoms with E-state index in [2.05, 4.69) is 20.4 Å². The van der Waals surface area contributed by atoms with Gasteiger partial charge in [0.15, 0.2) is 5.82 Å². The average Bonchev–Trinajstić information content (AvgIpc) is 3.00. The third-order valence-electron chi connectivity index (χ3n) is 3.81. The highest BCUT2D eigenvalue weighted by Crippen LogP contribution is 2.15. The van der Waals surface area contributed by atoms with Crippen LogP contribution in [0.25, 0.3) is 0 Å². The number of carbonyl (C=O) groups excluding carboxylic acids is 1. The Balaban J connectivity index is 1.52. The molecule has 0 bridgehead atoms. The molecule has 0 spiro atoms. The number of nitrogens with zero attached hydrogens (tertiary/aromatic N) is 3. The summed E-state index contributed by atoms with van der Waals surface area (Å²) in [6.45, 7) is 4.96. The molecule has 7 heteroatoms. The molecule has 2 fully saturated rings. The molecule has 7 nitrogen and oxygen atoms in total. The number of aromatic nitrogens is 2. The van der Waals surface area contributed by atoms with Crippen molar-refractivity contribution in [2.24, 2.45) is 0 Å². The van der Waals surface area contributed by atoms with Gasteiger partial charge in [0, 0.05) is 25.9 Å². The molecule has 2 aliphatic rings. The number of aryl methyl sites for hydroxylation is 1. The van der Waals surface area contributed by atoms with Crippen LogP contribution in [0.1, 0.15) is 31.0 Å². The first-order chi connectivity index (χ1) is 9.70. The Bertz CT molecular complexity index is 476. The molecule has 0 saturated carbocycles. The van der Waals surface area contributed by atoms with Crippen molar-refractivity contribution < 1.29 is 14.1 Å². The van der Waals surface area contributed by atoms with Crippen molar-refractivity contribution >= 4 is 5.97 Å². The van der Waals surface area contributed by atoms with Gasteiger partial charge >= 0.3 is 5.97 Å². The lowest BCUT2D eigenvalue weighted by molar-refractivity contribution is -0.139. The standard InChI is InChI=1S/C13H20N4O3/c1-9-14-12(16-20-9)8-17-5-2-3-10(7-17)15-11-4-6-19-13(11)18/h10-11,15H,2-8H2,1H3. The summed E-state index contributed by atoms with van der Waals surface area (Å²) in [5.41, 5.74) is 0. The molecule has 2 aliphatic heterocycles. The predicted molar refractivity (Wildman–Crippen MR) is 69.8 cm³/mol. The number of hydrogen-bond donors (Lipinski definition) is 1. The molecule has 1 aromatic heterocycles. The van der Waals surface area contributed by atoms with E-state index in [1.165, 1.54) is 0 Å². The van der Waals surface area contributed by atoms with E-state index in [1.807, 2.05) is 0 Å². The zero-order valence-electron chi connectivity index (χ0n) is 11.7. The fraction of sp³-hybridized carbons (Fsp3) is 0.769. The van der Waals surface area contributed by atoms with Gasteiger partial charge in [-0.05, 0) is 19.4 Å². The van der Waals surface area contributed by atoms with E-state index in [9.17, 15) is 4.79 Å². The Labute approximate surface area is 117 Å². The predicted octanol–water partition coefficient (Wildman–Crippen LogP) is 0.248. The number of nitrogens with one attached hydrogen (secondary N) is 1. The van der Waals surface area contributed by atoms with Gasteiger partial charge in [0.1, 0.15) is 6.04 Å². The normalized spacial score (nSPS) is 27.8. The van der Waals surface area contributed by atoms with Crippen LogP contribution >= 0.6 is 0 Å². The summed E-state index contributed by atoms with van der Waals surface area (Å²) in [7, 11) is 0. The minimum Gasteiger partial charge on any atom is -0.464 e. The summed E-state index contributed by atoms with van der Waals surface area (Å²) in [4.78, 5) is 18.0. The monoisotopic (exact) mass is 280 g/mol. The number of ether oxygens (including phenoxy) is 1. The summed E-state index contributed by atoms with van der Waals surface area (Å²) in [6.07, 6.45) is 2.97. The first kappa shape index (κ1) is 13.5. The summed E-state index contributed by atoms with van der Waals surface area (Å²) < 4.78 is 9.97. The van der Waals surface area contributed by atoms with Crippen molar-refractivity contribution in [3.63, 3.8) is 0 Å². The molecule has 3 heterocycles. The topological polar surface area (TPSA) is 80.5 Å². The highest BCUT2D eigenvalue weighted by atomic mass is 16.5. The Kier molecular flexibility index (Phi) is 3.98.